The van der Waals surface area contributed by atoms with Gasteiger partial charge in [0, 0.05) is 6.54 Å². The van der Waals surface area contributed by atoms with E-state index in [1.54, 1.807) is 12.1 Å². The zero-order valence-corrected chi connectivity index (χ0v) is 10.8. The maximum atomic E-state index is 13.2. The minimum absolute atomic E-state index is 0.342. The van der Waals surface area contributed by atoms with E-state index in [0.29, 0.717) is 17.7 Å². The van der Waals surface area contributed by atoms with Gasteiger partial charge < -0.3 is 5.32 Å². The molecule has 2 aromatic carbocycles. The molecular weight excluding hydrogens is 270 g/mol. The van der Waals surface area contributed by atoms with E-state index in [9.17, 15) is 17.6 Å². The van der Waals surface area contributed by atoms with Gasteiger partial charge in [-0.3, -0.25) is 0 Å². The summed E-state index contributed by atoms with van der Waals surface area (Å²) in [5.74, 6) is -1.26. The monoisotopic (exact) mass is 283 g/mol. The third kappa shape index (κ3) is 3.17. The van der Waals surface area contributed by atoms with Crippen molar-refractivity contribution in [2.75, 3.05) is 7.05 Å². The number of hydrogen-bond acceptors (Lipinski definition) is 1. The Hall–Kier alpha value is -1.88. The molecule has 5 heteroatoms. The first-order chi connectivity index (χ1) is 9.41. The number of rotatable bonds is 3. The summed E-state index contributed by atoms with van der Waals surface area (Å²) in [5.41, 5.74) is 0.744. The lowest BCUT2D eigenvalue weighted by atomic mass is 10.0. The van der Waals surface area contributed by atoms with Crippen molar-refractivity contribution in [1.82, 2.24) is 5.32 Å². The molecule has 0 fully saturated rings. The molecule has 2 rings (SSSR count). The fourth-order valence-corrected chi connectivity index (χ4v) is 1.94. The summed E-state index contributed by atoms with van der Waals surface area (Å²) in [6, 6.07) is 10.1. The van der Waals surface area contributed by atoms with Gasteiger partial charge in [0.25, 0.3) is 0 Å². The predicted molar refractivity (Wildman–Crippen MR) is 69.6 cm³/mol. The summed E-state index contributed by atoms with van der Waals surface area (Å²) in [4.78, 5) is 0. The second-order valence-corrected chi connectivity index (χ2v) is 4.42. The Labute approximate surface area is 114 Å². The molecular formula is C15H13F4N. The van der Waals surface area contributed by atoms with Crippen LogP contribution in [0.2, 0.25) is 0 Å². The highest BCUT2D eigenvalue weighted by molar-refractivity contribution is 5.64. The summed E-state index contributed by atoms with van der Waals surface area (Å²) >= 11 is 0. The first-order valence-corrected chi connectivity index (χ1v) is 6.02. The number of halogens is 4. The molecule has 0 aliphatic carbocycles. The Bertz CT molecular complexity index is 588. The molecule has 1 N–H and O–H groups in total. The van der Waals surface area contributed by atoms with E-state index in [1.165, 1.54) is 6.07 Å². The Morgan fingerprint density at radius 2 is 1.55 bits per heavy atom. The van der Waals surface area contributed by atoms with Gasteiger partial charge in [-0.2, -0.15) is 13.2 Å². The lowest BCUT2D eigenvalue weighted by Gasteiger charge is -2.10. The quantitative estimate of drug-likeness (QED) is 0.831. The number of hydrogen-bond donors (Lipinski definition) is 1. The van der Waals surface area contributed by atoms with Crippen molar-refractivity contribution in [1.29, 1.82) is 0 Å². The van der Waals surface area contributed by atoms with Crippen molar-refractivity contribution in [3.8, 4) is 11.1 Å². The Kier molecular flexibility index (Phi) is 4.09. The van der Waals surface area contributed by atoms with Crippen LogP contribution in [0, 0.1) is 5.82 Å². The fourth-order valence-electron chi connectivity index (χ4n) is 1.94. The molecule has 0 aliphatic rings. The first-order valence-electron chi connectivity index (χ1n) is 6.02. The van der Waals surface area contributed by atoms with Gasteiger partial charge in [-0.25, -0.2) is 4.39 Å². The van der Waals surface area contributed by atoms with Crippen molar-refractivity contribution in [3.05, 3.63) is 59.4 Å². The first kappa shape index (κ1) is 14.5. The van der Waals surface area contributed by atoms with Gasteiger partial charge in [0.05, 0.1) is 5.56 Å². The van der Waals surface area contributed by atoms with Gasteiger partial charge in [0.1, 0.15) is 5.82 Å². The van der Waals surface area contributed by atoms with E-state index in [4.69, 9.17) is 0 Å². The van der Waals surface area contributed by atoms with Crippen LogP contribution in [0.25, 0.3) is 11.1 Å². The van der Waals surface area contributed by atoms with Gasteiger partial charge in [-0.15, -0.1) is 0 Å². The van der Waals surface area contributed by atoms with Crippen LogP contribution >= 0.6 is 0 Å². The highest BCUT2D eigenvalue weighted by Crippen LogP contribution is 2.34. The molecule has 0 atom stereocenters. The van der Waals surface area contributed by atoms with Gasteiger partial charge in [-0.1, -0.05) is 30.3 Å². The maximum Gasteiger partial charge on any atom is 0.419 e. The molecule has 106 valence electrons. The molecule has 0 bridgehead atoms. The number of alkyl halides is 3. The number of nitrogens with one attached hydrogen (secondary N) is 1. The highest BCUT2D eigenvalue weighted by Gasteiger charge is 2.34. The van der Waals surface area contributed by atoms with E-state index < -0.39 is 17.6 Å². The van der Waals surface area contributed by atoms with Gasteiger partial charge in [0.15, 0.2) is 0 Å². The molecule has 0 saturated heterocycles. The molecule has 0 unspecified atom stereocenters. The van der Waals surface area contributed by atoms with E-state index in [0.717, 1.165) is 17.7 Å². The molecule has 0 aliphatic heterocycles. The summed E-state index contributed by atoms with van der Waals surface area (Å²) in [6.07, 6.45) is -4.69. The molecule has 0 radical (unpaired) electrons. The van der Waals surface area contributed by atoms with E-state index in [-0.39, 0.29) is 0 Å². The third-order valence-corrected chi connectivity index (χ3v) is 2.94. The van der Waals surface area contributed by atoms with Gasteiger partial charge >= 0.3 is 6.18 Å². The van der Waals surface area contributed by atoms with Gasteiger partial charge in [-0.05, 0) is 35.9 Å². The van der Waals surface area contributed by atoms with Crippen LogP contribution in [0.1, 0.15) is 11.1 Å². The minimum atomic E-state index is -4.69. The predicted octanol–water partition coefficient (Wildman–Crippen LogP) is 4.23. The lowest BCUT2D eigenvalue weighted by Crippen LogP contribution is -2.08. The molecule has 0 spiro atoms. The summed E-state index contributed by atoms with van der Waals surface area (Å²) in [7, 11) is 1.81. The highest BCUT2D eigenvalue weighted by atomic mass is 19.4. The normalized spacial score (nSPS) is 11.7. The molecule has 0 saturated carbocycles. The summed E-state index contributed by atoms with van der Waals surface area (Å²) in [6.45, 7) is 0.678. The second kappa shape index (κ2) is 5.63. The molecule has 20 heavy (non-hydrogen) atoms. The van der Waals surface area contributed by atoms with Crippen LogP contribution in [0.15, 0.2) is 42.5 Å². The van der Waals surface area contributed by atoms with Crippen LogP contribution in [0.5, 0.6) is 0 Å². The third-order valence-electron chi connectivity index (χ3n) is 2.94. The average Bonchev–Trinajstić information content (AvgIpc) is 2.39. The zero-order valence-electron chi connectivity index (χ0n) is 10.8. The van der Waals surface area contributed by atoms with Crippen LogP contribution in [-0.2, 0) is 12.7 Å². The molecule has 0 aromatic heterocycles. The Morgan fingerprint density at radius 1 is 0.950 bits per heavy atom. The van der Waals surface area contributed by atoms with E-state index in [1.807, 2.05) is 19.2 Å². The average molecular weight is 283 g/mol. The molecule has 0 heterocycles. The maximum absolute atomic E-state index is 13.2. The Morgan fingerprint density at radius 3 is 2.10 bits per heavy atom. The smallest absolute Gasteiger partial charge is 0.316 e. The van der Waals surface area contributed by atoms with Crippen LogP contribution in [0.3, 0.4) is 0 Å². The van der Waals surface area contributed by atoms with Crippen molar-refractivity contribution >= 4 is 0 Å². The topological polar surface area (TPSA) is 12.0 Å². The fraction of sp³-hybridized carbons (Fsp3) is 0.200. The molecule has 0 amide bonds. The van der Waals surface area contributed by atoms with Crippen LogP contribution in [-0.4, -0.2) is 7.05 Å². The lowest BCUT2D eigenvalue weighted by molar-refractivity contribution is -0.139. The van der Waals surface area contributed by atoms with Crippen molar-refractivity contribution in [2.45, 2.75) is 12.7 Å². The SMILES string of the molecule is CNCc1ccc(-c2ccc(F)c(C(F)(F)F)c2)cc1. The minimum Gasteiger partial charge on any atom is -0.316 e. The van der Waals surface area contributed by atoms with Crippen molar-refractivity contribution < 1.29 is 17.6 Å². The largest absolute Gasteiger partial charge is 0.419 e. The van der Waals surface area contributed by atoms with Crippen LogP contribution < -0.4 is 5.32 Å². The van der Waals surface area contributed by atoms with Crippen molar-refractivity contribution in [2.24, 2.45) is 0 Å². The van der Waals surface area contributed by atoms with Crippen LogP contribution in [0.4, 0.5) is 17.6 Å². The van der Waals surface area contributed by atoms with Gasteiger partial charge in [0.2, 0.25) is 0 Å². The molecule has 2 aromatic rings. The Balaban J connectivity index is 2.38. The molecule has 1 nitrogen and oxygen atoms in total. The van der Waals surface area contributed by atoms with Crippen molar-refractivity contribution in [3.63, 3.8) is 0 Å². The standard InChI is InChI=1S/C15H13F4N/c1-20-9-10-2-4-11(5-3-10)12-6-7-14(16)13(8-12)15(17,18)19/h2-8,20H,9H2,1H3. The number of benzene rings is 2. The second-order valence-electron chi connectivity index (χ2n) is 4.42. The summed E-state index contributed by atoms with van der Waals surface area (Å²) in [5, 5.41) is 2.98. The van der Waals surface area contributed by atoms with E-state index >= 15 is 0 Å². The van der Waals surface area contributed by atoms with E-state index in [2.05, 4.69) is 5.32 Å². The zero-order chi connectivity index (χ0) is 14.8. The summed E-state index contributed by atoms with van der Waals surface area (Å²) < 4.78 is 51.2.